The van der Waals surface area contributed by atoms with Crippen LogP contribution in [0.2, 0.25) is 0 Å². The van der Waals surface area contributed by atoms with Crippen molar-refractivity contribution in [1.29, 1.82) is 0 Å². The molecule has 1 aliphatic rings. The Morgan fingerprint density at radius 2 is 1.59 bits per heavy atom. The fourth-order valence-electron chi connectivity index (χ4n) is 3.97. The Morgan fingerprint density at radius 3 is 2.16 bits per heavy atom. The van der Waals surface area contributed by atoms with Crippen LogP contribution in [-0.4, -0.2) is 45.1 Å². The number of carbonyl (C=O) groups is 1. The van der Waals surface area contributed by atoms with Crippen molar-refractivity contribution in [3.05, 3.63) is 65.2 Å². The van der Waals surface area contributed by atoms with Crippen LogP contribution < -0.4 is 9.62 Å². The SMILES string of the molecule is CC(C)(C)c1ccc(N(CC(=O)NCc2ccccc2CN2CCCC2)S(C)(=O)=O)cc1. The van der Waals surface area contributed by atoms with Gasteiger partial charge in [-0.15, -0.1) is 0 Å². The molecule has 1 amide bonds. The molecule has 1 saturated heterocycles. The highest BCUT2D eigenvalue weighted by Crippen LogP contribution is 2.26. The van der Waals surface area contributed by atoms with Crippen LogP contribution in [0.1, 0.15) is 50.3 Å². The highest BCUT2D eigenvalue weighted by molar-refractivity contribution is 7.92. The minimum atomic E-state index is -3.60. The Labute approximate surface area is 192 Å². The summed E-state index contributed by atoms with van der Waals surface area (Å²) in [5.74, 6) is -0.328. The Kier molecular flexibility index (Phi) is 7.62. The fraction of sp³-hybridized carbons (Fsp3) is 0.480. The van der Waals surface area contributed by atoms with Crippen LogP contribution in [0.25, 0.3) is 0 Å². The molecule has 6 nitrogen and oxygen atoms in total. The van der Waals surface area contributed by atoms with Crippen molar-refractivity contribution in [1.82, 2.24) is 10.2 Å². The van der Waals surface area contributed by atoms with E-state index < -0.39 is 10.0 Å². The first-order valence-electron chi connectivity index (χ1n) is 11.2. The number of amides is 1. The third-order valence-corrected chi connectivity index (χ3v) is 7.04. The van der Waals surface area contributed by atoms with E-state index in [0.29, 0.717) is 12.2 Å². The molecule has 0 unspecified atom stereocenters. The van der Waals surface area contributed by atoms with E-state index in [1.54, 1.807) is 12.1 Å². The number of likely N-dealkylation sites (tertiary alicyclic amines) is 1. The van der Waals surface area contributed by atoms with Gasteiger partial charge in [0.25, 0.3) is 0 Å². The highest BCUT2D eigenvalue weighted by Gasteiger charge is 2.22. The van der Waals surface area contributed by atoms with E-state index in [1.807, 2.05) is 30.3 Å². The van der Waals surface area contributed by atoms with Crippen LogP contribution in [0.3, 0.4) is 0 Å². The Balaban J connectivity index is 1.67. The zero-order chi connectivity index (χ0) is 23.4. The predicted octanol–water partition coefficient (Wildman–Crippen LogP) is 3.66. The molecule has 0 radical (unpaired) electrons. The average Bonchev–Trinajstić information content (AvgIpc) is 3.23. The molecule has 7 heteroatoms. The van der Waals surface area contributed by atoms with Crippen molar-refractivity contribution in [2.24, 2.45) is 0 Å². The van der Waals surface area contributed by atoms with Crippen molar-refractivity contribution in [2.45, 2.75) is 52.1 Å². The van der Waals surface area contributed by atoms with Gasteiger partial charge in [0.1, 0.15) is 6.54 Å². The summed E-state index contributed by atoms with van der Waals surface area (Å²) < 4.78 is 26.0. The number of nitrogens with zero attached hydrogens (tertiary/aromatic N) is 2. The first-order chi connectivity index (χ1) is 15.0. The molecule has 1 heterocycles. The third kappa shape index (κ3) is 6.56. The van der Waals surface area contributed by atoms with E-state index in [2.05, 4.69) is 37.1 Å². The lowest BCUT2D eigenvalue weighted by Gasteiger charge is -2.24. The molecule has 0 spiro atoms. The number of anilines is 1. The summed E-state index contributed by atoms with van der Waals surface area (Å²) in [5.41, 5.74) is 3.83. The van der Waals surface area contributed by atoms with E-state index in [1.165, 1.54) is 18.4 Å². The van der Waals surface area contributed by atoms with Crippen molar-refractivity contribution in [3.63, 3.8) is 0 Å². The topological polar surface area (TPSA) is 69.7 Å². The second kappa shape index (κ2) is 10.0. The van der Waals surface area contributed by atoms with E-state index in [0.717, 1.165) is 41.3 Å². The first-order valence-corrected chi connectivity index (χ1v) is 13.0. The van der Waals surface area contributed by atoms with Crippen LogP contribution in [0.5, 0.6) is 0 Å². The first kappa shape index (κ1) is 24.3. The number of hydrogen-bond donors (Lipinski definition) is 1. The van der Waals surface area contributed by atoms with Gasteiger partial charge in [-0.2, -0.15) is 0 Å². The standard InChI is InChI=1S/C25H35N3O3S/c1-25(2,3)22-11-13-23(14-12-22)28(32(4,30)31)19-24(29)26-17-20-9-5-6-10-21(20)18-27-15-7-8-16-27/h5-6,9-14H,7-8,15-19H2,1-4H3,(H,26,29). The summed E-state index contributed by atoms with van der Waals surface area (Å²) in [6, 6.07) is 15.5. The average molecular weight is 458 g/mol. The van der Waals surface area contributed by atoms with Gasteiger partial charge >= 0.3 is 0 Å². The largest absolute Gasteiger partial charge is 0.350 e. The quantitative estimate of drug-likeness (QED) is 0.657. The van der Waals surface area contributed by atoms with Crippen molar-refractivity contribution < 1.29 is 13.2 Å². The second-order valence-corrected chi connectivity index (χ2v) is 11.5. The maximum Gasteiger partial charge on any atom is 0.241 e. The fourth-order valence-corrected chi connectivity index (χ4v) is 4.83. The molecule has 0 bridgehead atoms. The summed E-state index contributed by atoms with van der Waals surface area (Å²) in [7, 11) is -3.60. The van der Waals surface area contributed by atoms with Gasteiger partial charge in [0.05, 0.1) is 11.9 Å². The van der Waals surface area contributed by atoms with Gasteiger partial charge in [0.2, 0.25) is 15.9 Å². The summed E-state index contributed by atoms with van der Waals surface area (Å²) in [6.45, 7) is 9.53. The molecule has 0 aromatic heterocycles. The number of rotatable bonds is 8. The monoisotopic (exact) mass is 457 g/mol. The highest BCUT2D eigenvalue weighted by atomic mass is 32.2. The van der Waals surface area contributed by atoms with Crippen molar-refractivity contribution in [3.8, 4) is 0 Å². The number of nitrogens with one attached hydrogen (secondary N) is 1. The van der Waals surface area contributed by atoms with Crippen LogP contribution >= 0.6 is 0 Å². The Hall–Kier alpha value is -2.38. The molecule has 1 N–H and O–H groups in total. The normalized spacial score (nSPS) is 15.0. The summed E-state index contributed by atoms with van der Waals surface area (Å²) >= 11 is 0. The van der Waals surface area contributed by atoms with E-state index in [9.17, 15) is 13.2 Å². The maximum absolute atomic E-state index is 12.7. The van der Waals surface area contributed by atoms with Crippen LogP contribution in [0, 0.1) is 0 Å². The smallest absolute Gasteiger partial charge is 0.241 e. The third-order valence-electron chi connectivity index (χ3n) is 5.90. The molecule has 0 saturated carbocycles. The van der Waals surface area contributed by atoms with E-state index in [-0.39, 0.29) is 17.9 Å². The van der Waals surface area contributed by atoms with Crippen LogP contribution in [-0.2, 0) is 33.3 Å². The molecule has 2 aromatic carbocycles. The minimum absolute atomic E-state index is 0.0334. The lowest BCUT2D eigenvalue weighted by molar-refractivity contribution is -0.119. The molecule has 0 atom stereocenters. The van der Waals surface area contributed by atoms with E-state index >= 15 is 0 Å². The number of hydrogen-bond acceptors (Lipinski definition) is 4. The molecular formula is C25H35N3O3S. The molecular weight excluding hydrogens is 422 g/mol. The Morgan fingerprint density at radius 1 is 1.00 bits per heavy atom. The molecule has 1 fully saturated rings. The number of carbonyl (C=O) groups excluding carboxylic acids is 1. The van der Waals surface area contributed by atoms with E-state index in [4.69, 9.17) is 0 Å². The van der Waals surface area contributed by atoms with Gasteiger partial charge in [-0.05, 0) is 60.2 Å². The lowest BCUT2D eigenvalue weighted by atomic mass is 9.87. The molecule has 3 rings (SSSR count). The van der Waals surface area contributed by atoms with Crippen molar-refractivity contribution in [2.75, 3.05) is 30.2 Å². The summed E-state index contributed by atoms with van der Waals surface area (Å²) in [6.07, 6.45) is 3.59. The molecule has 2 aromatic rings. The van der Waals surface area contributed by atoms with Gasteiger partial charge < -0.3 is 5.32 Å². The van der Waals surface area contributed by atoms with Gasteiger partial charge in [-0.3, -0.25) is 14.0 Å². The van der Waals surface area contributed by atoms with Gasteiger partial charge in [-0.25, -0.2) is 8.42 Å². The second-order valence-electron chi connectivity index (χ2n) is 9.60. The maximum atomic E-state index is 12.7. The van der Waals surface area contributed by atoms with Crippen LogP contribution in [0.4, 0.5) is 5.69 Å². The Bertz CT molecular complexity index is 1020. The van der Waals surface area contributed by atoms with Gasteiger partial charge in [-0.1, -0.05) is 57.2 Å². The molecule has 32 heavy (non-hydrogen) atoms. The number of sulfonamides is 1. The van der Waals surface area contributed by atoms with Gasteiger partial charge in [0.15, 0.2) is 0 Å². The lowest BCUT2D eigenvalue weighted by Crippen LogP contribution is -2.40. The molecule has 0 aliphatic carbocycles. The predicted molar refractivity (Wildman–Crippen MR) is 130 cm³/mol. The minimum Gasteiger partial charge on any atom is -0.350 e. The molecule has 1 aliphatic heterocycles. The molecule has 174 valence electrons. The van der Waals surface area contributed by atoms with Gasteiger partial charge in [0, 0.05) is 13.1 Å². The zero-order valence-corrected chi connectivity index (χ0v) is 20.4. The van der Waals surface area contributed by atoms with Crippen molar-refractivity contribution >= 4 is 21.6 Å². The van der Waals surface area contributed by atoms with Crippen LogP contribution in [0.15, 0.2) is 48.5 Å². The summed E-state index contributed by atoms with van der Waals surface area (Å²) in [4.78, 5) is 15.1. The zero-order valence-electron chi connectivity index (χ0n) is 19.6. The summed E-state index contributed by atoms with van der Waals surface area (Å²) in [5, 5.41) is 2.91. The number of benzene rings is 2.